The van der Waals surface area contributed by atoms with Crippen LogP contribution in [0.25, 0.3) is 0 Å². The molecule has 1 aliphatic rings. The van der Waals surface area contributed by atoms with Gasteiger partial charge in [-0.1, -0.05) is 0 Å². The molecule has 0 aliphatic carbocycles. The fraction of sp³-hybridized carbons (Fsp3) is 0.889. The summed E-state index contributed by atoms with van der Waals surface area (Å²) in [6.45, 7) is 3.30. The average molecular weight is 171 g/mol. The third kappa shape index (κ3) is 3.32. The van der Waals surface area contributed by atoms with E-state index in [4.69, 9.17) is 4.74 Å². The highest BCUT2D eigenvalue weighted by molar-refractivity contribution is 5.51. The summed E-state index contributed by atoms with van der Waals surface area (Å²) in [5, 5.41) is 0. The molecule has 0 aromatic rings. The van der Waals surface area contributed by atoms with E-state index in [1.807, 2.05) is 11.9 Å². The SMILES string of the molecule is CN(CC=O)CC1CCCOC1. The number of aldehydes is 1. The first-order valence-electron chi connectivity index (χ1n) is 4.53. The quantitative estimate of drug-likeness (QED) is 0.578. The van der Waals surface area contributed by atoms with Gasteiger partial charge >= 0.3 is 0 Å². The minimum atomic E-state index is 0.538. The van der Waals surface area contributed by atoms with Crippen LogP contribution in [0.3, 0.4) is 0 Å². The van der Waals surface area contributed by atoms with Crippen LogP contribution in [-0.4, -0.2) is 44.5 Å². The van der Waals surface area contributed by atoms with Gasteiger partial charge in [0.1, 0.15) is 6.29 Å². The number of hydrogen-bond donors (Lipinski definition) is 0. The second-order valence-electron chi connectivity index (χ2n) is 3.47. The second-order valence-corrected chi connectivity index (χ2v) is 3.47. The Balaban J connectivity index is 2.15. The minimum absolute atomic E-state index is 0.538. The van der Waals surface area contributed by atoms with Gasteiger partial charge in [-0.15, -0.1) is 0 Å². The molecule has 70 valence electrons. The number of ether oxygens (including phenoxy) is 1. The smallest absolute Gasteiger partial charge is 0.133 e. The van der Waals surface area contributed by atoms with E-state index in [0.29, 0.717) is 12.5 Å². The molecule has 3 nitrogen and oxygen atoms in total. The second kappa shape index (κ2) is 5.27. The lowest BCUT2D eigenvalue weighted by Gasteiger charge is -2.25. The van der Waals surface area contributed by atoms with Gasteiger partial charge in [0.15, 0.2) is 0 Å². The van der Waals surface area contributed by atoms with Gasteiger partial charge in [-0.3, -0.25) is 4.90 Å². The van der Waals surface area contributed by atoms with Crippen molar-refractivity contribution in [3.63, 3.8) is 0 Å². The van der Waals surface area contributed by atoms with Gasteiger partial charge in [0.05, 0.1) is 13.2 Å². The van der Waals surface area contributed by atoms with Crippen LogP contribution in [0.2, 0.25) is 0 Å². The Morgan fingerprint density at radius 3 is 3.08 bits per heavy atom. The van der Waals surface area contributed by atoms with Crippen LogP contribution in [0, 0.1) is 5.92 Å². The van der Waals surface area contributed by atoms with Crippen molar-refractivity contribution in [2.75, 3.05) is 33.4 Å². The molecule has 0 aromatic carbocycles. The van der Waals surface area contributed by atoms with Crippen LogP contribution >= 0.6 is 0 Å². The molecule has 0 radical (unpaired) electrons. The van der Waals surface area contributed by atoms with Crippen LogP contribution in [0.15, 0.2) is 0 Å². The Hall–Kier alpha value is -0.410. The first-order chi connectivity index (χ1) is 5.83. The van der Waals surface area contributed by atoms with Crippen LogP contribution in [0.5, 0.6) is 0 Å². The Kier molecular flexibility index (Phi) is 4.25. The van der Waals surface area contributed by atoms with Crippen LogP contribution in [0.4, 0.5) is 0 Å². The zero-order valence-corrected chi connectivity index (χ0v) is 7.66. The number of rotatable bonds is 4. The maximum atomic E-state index is 10.2. The van der Waals surface area contributed by atoms with E-state index in [9.17, 15) is 4.79 Å². The normalized spacial score (nSPS) is 24.3. The lowest BCUT2D eigenvalue weighted by atomic mass is 10.0. The first-order valence-corrected chi connectivity index (χ1v) is 4.53. The molecular weight excluding hydrogens is 154 g/mol. The molecule has 0 amide bonds. The summed E-state index contributed by atoms with van der Waals surface area (Å²) in [6, 6.07) is 0. The van der Waals surface area contributed by atoms with Gasteiger partial charge in [-0.05, 0) is 25.8 Å². The number of carbonyl (C=O) groups is 1. The fourth-order valence-electron chi connectivity index (χ4n) is 1.59. The predicted molar refractivity (Wildman–Crippen MR) is 47.1 cm³/mol. The summed E-state index contributed by atoms with van der Waals surface area (Å²) in [7, 11) is 1.98. The number of nitrogens with zero attached hydrogens (tertiary/aromatic N) is 1. The number of likely N-dealkylation sites (N-methyl/N-ethyl adjacent to an activating group) is 1. The molecule has 1 aliphatic heterocycles. The van der Waals surface area contributed by atoms with E-state index < -0.39 is 0 Å². The van der Waals surface area contributed by atoms with E-state index in [1.165, 1.54) is 12.8 Å². The maximum absolute atomic E-state index is 10.2. The maximum Gasteiger partial charge on any atom is 0.133 e. The molecule has 1 fully saturated rings. The molecular formula is C9H17NO2. The topological polar surface area (TPSA) is 29.5 Å². The summed E-state index contributed by atoms with van der Waals surface area (Å²) in [5.74, 6) is 0.628. The van der Waals surface area contributed by atoms with Crippen molar-refractivity contribution < 1.29 is 9.53 Å². The molecule has 1 rings (SSSR count). The average Bonchev–Trinajstić information content (AvgIpc) is 2.06. The molecule has 1 saturated heterocycles. The first kappa shape index (κ1) is 9.68. The molecule has 0 aromatic heterocycles. The Bertz CT molecular complexity index is 132. The monoisotopic (exact) mass is 171 g/mol. The van der Waals surface area contributed by atoms with Crippen molar-refractivity contribution in [1.82, 2.24) is 4.90 Å². The van der Waals surface area contributed by atoms with Crippen molar-refractivity contribution in [2.24, 2.45) is 5.92 Å². The highest BCUT2D eigenvalue weighted by Crippen LogP contribution is 2.13. The Labute approximate surface area is 73.7 Å². The Morgan fingerprint density at radius 2 is 2.50 bits per heavy atom. The standard InChI is InChI=1S/C9H17NO2/c1-10(4-5-11)7-9-3-2-6-12-8-9/h5,9H,2-4,6-8H2,1H3. The predicted octanol–water partition coefficient (Wildman–Crippen LogP) is 0.544. The molecule has 12 heavy (non-hydrogen) atoms. The highest BCUT2D eigenvalue weighted by Gasteiger charge is 2.15. The molecule has 0 spiro atoms. The van der Waals surface area contributed by atoms with Gasteiger partial charge in [0, 0.05) is 13.2 Å². The van der Waals surface area contributed by atoms with Gasteiger partial charge in [0.25, 0.3) is 0 Å². The van der Waals surface area contributed by atoms with Gasteiger partial charge < -0.3 is 9.53 Å². The van der Waals surface area contributed by atoms with Crippen LogP contribution in [0.1, 0.15) is 12.8 Å². The largest absolute Gasteiger partial charge is 0.381 e. The molecule has 0 N–H and O–H groups in total. The lowest BCUT2D eigenvalue weighted by Crippen LogP contribution is -2.31. The summed E-state index contributed by atoms with van der Waals surface area (Å²) in [6.07, 6.45) is 3.35. The van der Waals surface area contributed by atoms with Crippen molar-refractivity contribution in [3.05, 3.63) is 0 Å². The third-order valence-corrected chi connectivity index (χ3v) is 2.21. The van der Waals surface area contributed by atoms with E-state index in [-0.39, 0.29) is 0 Å². The van der Waals surface area contributed by atoms with Gasteiger partial charge in [-0.2, -0.15) is 0 Å². The zero-order chi connectivity index (χ0) is 8.81. The molecule has 0 bridgehead atoms. The van der Waals surface area contributed by atoms with Crippen LogP contribution < -0.4 is 0 Å². The summed E-state index contributed by atoms with van der Waals surface area (Å²) < 4.78 is 5.35. The van der Waals surface area contributed by atoms with E-state index in [1.54, 1.807) is 0 Å². The van der Waals surface area contributed by atoms with E-state index in [0.717, 1.165) is 26.0 Å². The lowest BCUT2D eigenvalue weighted by molar-refractivity contribution is -0.108. The summed E-state index contributed by atoms with van der Waals surface area (Å²) in [4.78, 5) is 12.2. The van der Waals surface area contributed by atoms with Crippen molar-refractivity contribution >= 4 is 6.29 Å². The van der Waals surface area contributed by atoms with E-state index in [2.05, 4.69) is 0 Å². The fourth-order valence-corrected chi connectivity index (χ4v) is 1.59. The van der Waals surface area contributed by atoms with E-state index >= 15 is 0 Å². The number of hydrogen-bond acceptors (Lipinski definition) is 3. The van der Waals surface area contributed by atoms with Crippen LogP contribution in [-0.2, 0) is 9.53 Å². The molecule has 0 saturated carbocycles. The number of carbonyl (C=O) groups excluding carboxylic acids is 1. The highest BCUT2D eigenvalue weighted by atomic mass is 16.5. The van der Waals surface area contributed by atoms with Gasteiger partial charge in [0.2, 0.25) is 0 Å². The third-order valence-electron chi connectivity index (χ3n) is 2.21. The minimum Gasteiger partial charge on any atom is -0.381 e. The van der Waals surface area contributed by atoms with Crippen molar-refractivity contribution in [2.45, 2.75) is 12.8 Å². The summed E-state index contributed by atoms with van der Waals surface area (Å²) in [5.41, 5.74) is 0. The van der Waals surface area contributed by atoms with Crippen molar-refractivity contribution in [3.8, 4) is 0 Å². The molecule has 1 atom stereocenters. The van der Waals surface area contributed by atoms with Crippen molar-refractivity contribution in [1.29, 1.82) is 0 Å². The molecule has 3 heteroatoms. The zero-order valence-electron chi connectivity index (χ0n) is 7.66. The summed E-state index contributed by atoms with van der Waals surface area (Å²) >= 11 is 0. The molecule has 1 unspecified atom stereocenters. The van der Waals surface area contributed by atoms with Gasteiger partial charge in [-0.25, -0.2) is 0 Å². The Morgan fingerprint density at radius 1 is 1.67 bits per heavy atom. The molecule has 1 heterocycles.